The maximum atomic E-state index is 14.5. The normalized spacial score (nSPS) is 12.5. The fourth-order valence-corrected chi connectivity index (χ4v) is 4.12. The van der Waals surface area contributed by atoms with Gasteiger partial charge in [-0.2, -0.15) is 5.26 Å². The van der Waals surface area contributed by atoms with Gasteiger partial charge in [0, 0.05) is 35.6 Å². The average molecular weight is 428 g/mol. The topological polar surface area (TPSA) is 116 Å². The van der Waals surface area contributed by atoms with E-state index in [4.69, 9.17) is 5.11 Å². The summed E-state index contributed by atoms with van der Waals surface area (Å²) in [4.78, 5) is 23.8. The molecular formula is C23H17FN6O2. The maximum Gasteiger partial charge on any atom is 0.354 e. The van der Waals surface area contributed by atoms with Gasteiger partial charge < -0.3 is 10.4 Å². The standard InChI is InChI=1S/C23H17FN6O2/c24-19-6-4-13-2-1-3-16(13)18(19)11-28-23-27-10-17(21-29-15(8-25)12-30(21)23)14-5-7-20(22(31)32)26-9-14/h4-7,9-10,12H,1-3,11H2,(H,27,28)(H,31,32). The number of aromatic carboxylic acids is 1. The molecule has 5 rings (SSSR count). The van der Waals surface area contributed by atoms with Gasteiger partial charge in [-0.1, -0.05) is 12.1 Å². The summed E-state index contributed by atoms with van der Waals surface area (Å²) in [7, 11) is 0. The first-order valence-electron chi connectivity index (χ1n) is 10.1. The number of carbonyl (C=O) groups is 1. The maximum absolute atomic E-state index is 14.5. The largest absolute Gasteiger partial charge is 0.477 e. The van der Waals surface area contributed by atoms with E-state index in [-0.39, 0.29) is 23.7 Å². The summed E-state index contributed by atoms with van der Waals surface area (Å²) in [5, 5.41) is 21.6. The molecule has 1 aromatic carbocycles. The van der Waals surface area contributed by atoms with Gasteiger partial charge in [0.25, 0.3) is 0 Å². The van der Waals surface area contributed by atoms with E-state index in [0.717, 1.165) is 24.8 Å². The number of rotatable bonds is 5. The number of halogens is 1. The van der Waals surface area contributed by atoms with Crippen LogP contribution in [0.25, 0.3) is 16.8 Å². The first-order chi connectivity index (χ1) is 15.5. The second-order valence-corrected chi connectivity index (χ2v) is 7.54. The van der Waals surface area contributed by atoms with Crippen LogP contribution < -0.4 is 5.32 Å². The van der Waals surface area contributed by atoms with Crippen LogP contribution in [-0.4, -0.2) is 30.4 Å². The van der Waals surface area contributed by atoms with Gasteiger partial charge in [0.05, 0.1) is 6.20 Å². The lowest BCUT2D eigenvalue weighted by atomic mass is 10.0. The molecule has 1 aliphatic rings. The zero-order chi connectivity index (χ0) is 22.2. The van der Waals surface area contributed by atoms with Gasteiger partial charge in [0.1, 0.15) is 17.6 Å². The number of anilines is 1. The molecule has 0 radical (unpaired) electrons. The number of benzene rings is 1. The van der Waals surface area contributed by atoms with Crippen LogP contribution in [0, 0.1) is 17.1 Å². The molecule has 0 bridgehead atoms. The van der Waals surface area contributed by atoms with Gasteiger partial charge in [0.15, 0.2) is 11.3 Å². The Bertz CT molecular complexity index is 1410. The number of nitrogens with zero attached hydrogens (tertiary/aromatic N) is 5. The number of hydrogen-bond donors (Lipinski definition) is 2. The number of hydrogen-bond acceptors (Lipinski definition) is 6. The van der Waals surface area contributed by atoms with Gasteiger partial charge in [0.2, 0.25) is 5.95 Å². The molecule has 4 aromatic rings. The van der Waals surface area contributed by atoms with E-state index in [2.05, 4.69) is 20.3 Å². The molecule has 0 spiro atoms. The van der Waals surface area contributed by atoms with Crippen LogP contribution in [0.2, 0.25) is 0 Å². The van der Waals surface area contributed by atoms with Gasteiger partial charge in [-0.25, -0.2) is 24.1 Å². The number of carboxylic acids is 1. The van der Waals surface area contributed by atoms with E-state index in [1.807, 2.05) is 12.1 Å². The molecule has 0 fully saturated rings. The van der Waals surface area contributed by atoms with Gasteiger partial charge in [-0.15, -0.1) is 0 Å². The van der Waals surface area contributed by atoms with E-state index in [0.29, 0.717) is 28.3 Å². The van der Waals surface area contributed by atoms with Crippen LogP contribution in [0.1, 0.15) is 39.3 Å². The molecule has 8 nitrogen and oxygen atoms in total. The lowest BCUT2D eigenvalue weighted by Crippen LogP contribution is -2.10. The van der Waals surface area contributed by atoms with Crippen molar-refractivity contribution in [2.24, 2.45) is 0 Å². The fraction of sp³-hybridized carbons (Fsp3) is 0.174. The van der Waals surface area contributed by atoms with Crippen LogP contribution in [0.4, 0.5) is 10.3 Å². The molecule has 0 saturated heterocycles. The minimum absolute atomic E-state index is 0.0745. The zero-order valence-corrected chi connectivity index (χ0v) is 16.8. The zero-order valence-electron chi connectivity index (χ0n) is 16.8. The van der Waals surface area contributed by atoms with Gasteiger partial charge >= 0.3 is 5.97 Å². The van der Waals surface area contributed by atoms with Crippen molar-refractivity contribution in [1.29, 1.82) is 5.26 Å². The SMILES string of the molecule is N#Cc1cn2c(NCc3c(F)ccc4c3CCC4)ncc(-c3ccc(C(=O)O)nc3)c2n1. The Hall–Kier alpha value is -4.32. The third-order valence-electron chi connectivity index (χ3n) is 5.67. The molecule has 1 aliphatic carbocycles. The van der Waals surface area contributed by atoms with E-state index < -0.39 is 5.97 Å². The first kappa shape index (κ1) is 19.6. The summed E-state index contributed by atoms with van der Waals surface area (Å²) in [5.41, 5.74) is 4.66. The first-order valence-corrected chi connectivity index (χ1v) is 10.1. The van der Waals surface area contributed by atoms with Crippen molar-refractivity contribution in [3.63, 3.8) is 0 Å². The van der Waals surface area contributed by atoms with Crippen molar-refractivity contribution in [1.82, 2.24) is 19.4 Å². The molecule has 0 aliphatic heterocycles. The fourth-order valence-electron chi connectivity index (χ4n) is 4.12. The van der Waals surface area contributed by atoms with E-state index >= 15 is 0 Å². The second-order valence-electron chi connectivity index (χ2n) is 7.54. The molecule has 158 valence electrons. The predicted octanol–water partition coefficient (Wildman–Crippen LogP) is 3.60. The molecular weight excluding hydrogens is 411 g/mol. The monoisotopic (exact) mass is 428 g/mol. The smallest absolute Gasteiger partial charge is 0.354 e. The summed E-state index contributed by atoms with van der Waals surface area (Å²) in [6.07, 6.45) is 7.39. The molecule has 0 saturated carbocycles. The lowest BCUT2D eigenvalue weighted by Gasteiger charge is -2.13. The average Bonchev–Trinajstić information content (AvgIpc) is 3.45. The number of nitriles is 1. The highest BCUT2D eigenvalue weighted by Gasteiger charge is 2.19. The Kier molecular flexibility index (Phi) is 4.75. The molecule has 0 amide bonds. The minimum Gasteiger partial charge on any atom is -0.477 e. The number of carboxylic acid groups (broad SMARTS) is 1. The van der Waals surface area contributed by atoms with Crippen molar-refractivity contribution in [2.75, 3.05) is 5.32 Å². The number of aromatic nitrogens is 4. The Morgan fingerprint density at radius 2 is 2.09 bits per heavy atom. The third-order valence-corrected chi connectivity index (χ3v) is 5.67. The van der Waals surface area contributed by atoms with E-state index in [1.165, 1.54) is 23.9 Å². The number of imidazole rings is 1. The van der Waals surface area contributed by atoms with Gasteiger partial charge in [-0.3, -0.25) is 4.40 Å². The number of pyridine rings is 1. The van der Waals surface area contributed by atoms with Crippen LogP contribution in [-0.2, 0) is 19.4 Å². The highest BCUT2D eigenvalue weighted by molar-refractivity contribution is 5.86. The van der Waals surface area contributed by atoms with Gasteiger partial charge in [-0.05, 0) is 42.5 Å². The predicted molar refractivity (Wildman–Crippen MR) is 114 cm³/mol. The molecule has 32 heavy (non-hydrogen) atoms. The second kappa shape index (κ2) is 7.74. The Morgan fingerprint density at radius 3 is 2.84 bits per heavy atom. The van der Waals surface area contributed by atoms with E-state index in [9.17, 15) is 14.4 Å². The number of aryl methyl sites for hydroxylation is 1. The highest BCUT2D eigenvalue weighted by Crippen LogP contribution is 2.29. The lowest BCUT2D eigenvalue weighted by molar-refractivity contribution is 0.0690. The highest BCUT2D eigenvalue weighted by atomic mass is 19.1. The van der Waals surface area contributed by atoms with Crippen LogP contribution in [0.3, 0.4) is 0 Å². The quantitative estimate of drug-likeness (QED) is 0.499. The third kappa shape index (κ3) is 3.32. The van der Waals surface area contributed by atoms with Crippen LogP contribution in [0.15, 0.2) is 42.9 Å². The van der Waals surface area contributed by atoms with Crippen molar-refractivity contribution in [3.8, 4) is 17.2 Å². The molecule has 0 atom stereocenters. The van der Waals surface area contributed by atoms with Crippen molar-refractivity contribution in [2.45, 2.75) is 25.8 Å². The molecule has 3 aromatic heterocycles. The number of nitrogens with one attached hydrogen (secondary N) is 1. The van der Waals surface area contributed by atoms with Crippen molar-refractivity contribution >= 4 is 17.6 Å². The Morgan fingerprint density at radius 1 is 1.22 bits per heavy atom. The summed E-state index contributed by atoms with van der Waals surface area (Å²) in [6.45, 7) is 0.255. The van der Waals surface area contributed by atoms with Crippen molar-refractivity contribution in [3.05, 3.63) is 76.8 Å². The summed E-state index contributed by atoms with van der Waals surface area (Å²) < 4.78 is 16.2. The minimum atomic E-state index is -1.12. The molecule has 3 heterocycles. The molecule has 9 heteroatoms. The Labute approximate surface area is 182 Å². The summed E-state index contributed by atoms with van der Waals surface area (Å²) in [6, 6.07) is 8.39. The Balaban J connectivity index is 1.52. The molecule has 2 N–H and O–H groups in total. The van der Waals surface area contributed by atoms with Crippen molar-refractivity contribution < 1.29 is 14.3 Å². The van der Waals surface area contributed by atoms with Crippen LogP contribution in [0.5, 0.6) is 0 Å². The summed E-state index contributed by atoms with van der Waals surface area (Å²) >= 11 is 0. The van der Waals surface area contributed by atoms with E-state index in [1.54, 1.807) is 22.9 Å². The number of fused-ring (bicyclic) bond motifs is 2. The summed E-state index contributed by atoms with van der Waals surface area (Å²) in [5.74, 6) is -0.951. The molecule has 0 unspecified atom stereocenters. The van der Waals surface area contributed by atoms with Crippen LogP contribution >= 0.6 is 0 Å².